The Balaban J connectivity index is 1.87. The molecule has 1 aromatic rings. The van der Waals surface area contributed by atoms with Crippen molar-refractivity contribution in [1.82, 2.24) is 4.90 Å². The number of nitrogens with one attached hydrogen (secondary N) is 1. The van der Waals surface area contributed by atoms with Crippen molar-refractivity contribution in [2.75, 3.05) is 25.0 Å². The lowest BCUT2D eigenvalue weighted by atomic mass is 9.96. The Morgan fingerprint density at radius 1 is 1.25 bits per heavy atom. The van der Waals surface area contributed by atoms with Crippen LogP contribution in [0.5, 0.6) is 0 Å². The first-order valence-corrected chi connectivity index (χ1v) is 8.71. The molecule has 5 nitrogen and oxygen atoms in total. The van der Waals surface area contributed by atoms with Gasteiger partial charge in [0, 0.05) is 18.8 Å². The number of amides is 1. The van der Waals surface area contributed by atoms with Crippen molar-refractivity contribution in [3.8, 4) is 0 Å². The molecule has 0 saturated carbocycles. The van der Waals surface area contributed by atoms with Crippen LogP contribution in [0.25, 0.3) is 0 Å². The van der Waals surface area contributed by atoms with Crippen LogP contribution in [0.3, 0.4) is 0 Å². The molecule has 1 aliphatic rings. The SMILES string of the molecule is CCOC(=O)C1CCN(C(=O)C(C)Nc2ccc(C)c(C)c2)CC1. The molecule has 1 aromatic carbocycles. The third-order valence-corrected chi connectivity index (χ3v) is 4.69. The van der Waals surface area contributed by atoms with Crippen molar-refractivity contribution >= 4 is 17.6 Å². The average Bonchev–Trinajstić information content (AvgIpc) is 2.58. The molecule has 1 amide bonds. The van der Waals surface area contributed by atoms with E-state index in [-0.39, 0.29) is 23.8 Å². The molecule has 1 saturated heterocycles. The van der Waals surface area contributed by atoms with Gasteiger partial charge in [0.15, 0.2) is 0 Å². The molecule has 0 radical (unpaired) electrons. The van der Waals surface area contributed by atoms with Crippen LogP contribution in [0.4, 0.5) is 5.69 Å². The summed E-state index contributed by atoms with van der Waals surface area (Å²) in [5.41, 5.74) is 3.40. The lowest BCUT2D eigenvalue weighted by Crippen LogP contribution is -2.46. The number of piperidine rings is 1. The van der Waals surface area contributed by atoms with E-state index < -0.39 is 0 Å². The van der Waals surface area contributed by atoms with E-state index in [1.807, 2.05) is 24.8 Å². The molecule has 1 N–H and O–H groups in total. The zero-order chi connectivity index (χ0) is 17.7. The maximum atomic E-state index is 12.6. The molecule has 1 atom stereocenters. The van der Waals surface area contributed by atoms with Crippen molar-refractivity contribution in [3.63, 3.8) is 0 Å². The van der Waals surface area contributed by atoms with E-state index >= 15 is 0 Å². The number of carbonyl (C=O) groups excluding carboxylic acids is 2. The summed E-state index contributed by atoms with van der Waals surface area (Å²) in [6, 6.07) is 5.83. The highest BCUT2D eigenvalue weighted by Gasteiger charge is 2.29. The summed E-state index contributed by atoms with van der Waals surface area (Å²) in [6.45, 7) is 9.47. The Labute approximate surface area is 144 Å². The monoisotopic (exact) mass is 332 g/mol. The van der Waals surface area contributed by atoms with Crippen LogP contribution in [-0.2, 0) is 14.3 Å². The van der Waals surface area contributed by atoms with Gasteiger partial charge in [-0.2, -0.15) is 0 Å². The van der Waals surface area contributed by atoms with Gasteiger partial charge < -0.3 is 15.0 Å². The normalized spacial score (nSPS) is 16.6. The summed E-state index contributed by atoms with van der Waals surface area (Å²) >= 11 is 0. The number of anilines is 1. The molecule has 0 aliphatic carbocycles. The standard InChI is InChI=1S/C19H28N2O3/c1-5-24-19(23)16-8-10-21(11-9-16)18(22)15(4)20-17-7-6-13(2)14(3)12-17/h6-7,12,15-16,20H,5,8-11H2,1-4H3. The number of aryl methyl sites for hydroxylation is 2. The van der Waals surface area contributed by atoms with Crippen LogP contribution in [0.1, 0.15) is 37.8 Å². The summed E-state index contributed by atoms with van der Waals surface area (Å²) in [4.78, 5) is 26.2. The fourth-order valence-electron chi connectivity index (χ4n) is 3.01. The highest BCUT2D eigenvalue weighted by atomic mass is 16.5. The molecule has 0 aromatic heterocycles. The number of esters is 1. The summed E-state index contributed by atoms with van der Waals surface area (Å²) < 4.78 is 5.07. The van der Waals surface area contributed by atoms with E-state index in [2.05, 4.69) is 31.3 Å². The number of nitrogens with zero attached hydrogens (tertiary/aromatic N) is 1. The Morgan fingerprint density at radius 2 is 1.92 bits per heavy atom. The second-order valence-electron chi connectivity index (χ2n) is 6.52. The topological polar surface area (TPSA) is 58.6 Å². The third kappa shape index (κ3) is 4.49. The first-order chi connectivity index (χ1) is 11.4. The van der Waals surface area contributed by atoms with Gasteiger partial charge in [0.1, 0.15) is 6.04 Å². The zero-order valence-electron chi connectivity index (χ0n) is 15.1. The summed E-state index contributed by atoms with van der Waals surface area (Å²) in [5.74, 6) is -0.126. The van der Waals surface area contributed by atoms with E-state index in [0.717, 1.165) is 5.69 Å². The van der Waals surface area contributed by atoms with Crippen molar-refractivity contribution < 1.29 is 14.3 Å². The Hall–Kier alpha value is -2.04. The van der Waals surface area contributed by atoms with E-state index in [9.17, 15) is 9.59 Å². The van der Waals surface area contributed by atoms with E-state index in [0.29, 0.717) is 32.5 Å². The van der Waals surface area contributed by atoms with Gasteiger partial charge >= 0.3 is 5.97 Å². The minimum atomic E-state index is -0.286. The Kier molecular flexibility index (Phi) is 6.23. The van der Waals surface area contributed by atoms with Crippen LogP contribution >= 0.6 is 0 Å². The number of ether oxygens (including phenoxy) is 1. The van der Waals surface area contributed by atoms with Crippen molar-refractivity contribution in [2.45, 2.75) is 46.6 Å². The molecular weight excluding hydrogens is 304 g/mol. The molecule has 0 spiro atoms. The molecule has 132 valence electrons. The van der Waals surface area contributed by atoms with Crippen LogP contribution in [0.15, 0.2) is 18.2 Å². The molecule has 1 fully saturated rings. The fourth-order valence-corrected chi connectivity index (χ4v) is 3.01. The number of hydrogen-bond donors (Lipinski definition) is 1. The lowest BCUT2D eigenvalue weighted by Gasteiger charge is -2.33. The smallest absolute Gasteiger partial charge is 0.309 e. The fraction of sp³-hybridized carbons (Fsp3) is 0.579. The lowest BCUT2D eigenvalue weighted by molar-refractivity contribution is -0.151. The van der Waals surface area contributed by atoms with Gasteiger partial charge in [-0.1, -0.05) is 6.07 Å². The average molecular weight is 332 g/mol. The van der Waals surface area contributed by atoms with Crippen LogP contribution in [0, 0.1) is 19.8 Å². The van der Waals surface area contributed by atoms with E-state index in [1.54, 1.807) is 0 Å². The second-order valence-corrected chi connectivity index (χ2v) is 6.52. The van der Waals surface area contributed by atoms with Crippen molar-refractivity contribution in [1.29, 1.82) is 0 Å². The van der Waals surface area contributed by atoms with Crippen LogP contribution in [0.2, 0.25) is 0 Å². The quantitative estimate of drug-likeness (QED) is 0.842. The third-order valence-electron chi connectivity index (χ3n) is 4.69. The van der Waals surface area contributed by atoms with Crippen molar-refractivity contribution in [3.05, 3.63) is 29.3 Å². The molecule has 0 bridgehead atoms. The number of hydrogen-bond acceptors (Lipinski definition) is 4. The van der Waals surface area contributed by atoms with Gasteiger partial charge in [-0.25, -0.2) is 0 Å². The first kappa shape index (κ1) is 18.3. The minimum absolute atomic E-state index is 0.0722. The molecule has 24 heavy (non-hydrogen) atoms. The molecule has 2 rings (SSSR count). The van der Waals surface area contributed by atoms with Gasteiger partial charge in [-0.15, -0.1) is 0 Å². The number of carbonyl (C=O) groups is 2. The van der Waals surface area contributed by atoms with Gasteiger partial charge in [0.2, 0.25) is 5.91 Å². The number of likely N-dealkylation sites (tertiary alicyclic amines) is 1. The van der Waals surface area contributed by atoms with Gasteiger partial charge in [0.25, 0.3) is 0 Å². The highest BCUT2D eigenvalue weighted by molar-refractivity contribution is 5.84. The molecule has 1 unspecified atom stereocenters. The predicted molar refractivity (Wildman–Crippen MR) is 94.9 cm³/mol. The molecular formula is C19H28N2O3. The van der Waals surface area contributed by atoms with Crippen LogP contribution < -0.4 is 5.32 Å². The number of rotatable bonds is 5. The van der Waals surface area contributed by atoms with Gasteiger partial charge in [-0.05, 0) is 63.8 Å². The summed E-state index contributed by atoms with van der Waals surface area (Å²) in [6.07, 6.45) is 1.36. The Morgan fingerprint density at radius 3 is 2.50 bits per heavy atom. The number of benzene rings is 1. The highest BCUT2D eigenvalue weighted by Crippen LogP contribution is 2.20. The van der Waals surface area contributed by atoms with Gasteiger partial charge in [-0.3, -0.25) is 9.59 Å². The van der Waals surface area contributed by atoms with E-state index in [4.69, 9.17) is 4.74 Å². The largest absolute Gasteiger partial charge is 0.466 e. The predicted octanol–water partition coefficient (Wildman–Crippen LogP) is 2.91. The van der Waals surface area contributed by atoms with Crippen LogP contribution in [-0.4, -0.2) is 42.5 Å². The van der Waals surface area contributed by atoms with E-state index in [1.165, 1.54) is 11.1 Å². The Bertz CT molecular complexity index is 592. The maximum absolute atomic E-state index is 12.6. The minimum Gasteiger partial charge on any atom is -0.466 e. The first-order valence-electron chi connectivity index (χ1n) is 8.71. The molecule has 1 heterocycles. The summed E-state index contributed by atoms with van der Waals surface area (Å²) in [7, 11) is 0. The maximum Gasteiger partial charge on any atom is 0.309 e. The molecule has 1 aliphatic heterocycles. The molecule has 5 heteroatoms. The zero-order valence-corrected chi connectivity index (χ0v) is 15.1. The van der Waals surface area contributed by atoms with Gasteiger partial charge in [0.05, 0.1) is 12.5 Å². The van der Waals surface area contributed by atoms with Crippen molar-refractivity contribution in [2.24, 2.45) is 5.92 Å². The summed E-state index contributed by atoms with van der Waals surface area (Å²) in [5, 5.41) is 3.28. The second kappa shape index (κ2) is 8.18.